The lowest BCUT2D eigenvalue weighted by Gasteiger charge is -2.45. The Morgan fingerprint density at radius 2 is 1.97 bits per heavy atom. The van der Waals surface area contributed by atoms with Gasteiger partial charge in [0, 0.05) is 31.6 Å². The molecule has 3 heterocycles. The maximum Gasteiger partial charge on any atom is 0.240 e. The molecule has 1 aromatic carbocycles. The van der Waals surface area contributed by atoms with Gasteiger partial charge in [0.25, 0.3) is 0 Å². The van der Waals surface area contributed by atoms with Gasteiger partial charge >= 0.3 is 0 Å². The van der Waals surface area contributed by atoms with Crippen LogP contribution in [0.5, 0.6) is 0 Å². The molecule has 0 unspecified atom stereocenters. The number of halogens is 1. The van der Waals surface area contributed by atoms with E-state index in [9.17, 15) is 19.2 Å². The molecule has 0 radical (unpaired) electrons. The fourth-order valence-corrected chi connectivity index (χ4v) is 6.21. The Morgan fingerprint density at radius 1 is 1.22 bits per heavy atom. The molecule has 2 bridgehead atoms. The molecule has 0 N–H and O–H groups in total. The summed E-state index contributed by atoms with van der Waals surface area (Å²) >= 11 is 0. The van der Waals surface area contributed by atoms with E-state index in [0.29, 0.717) is 19.0 Å². The first-order valence-corrected chi connectivity index (χ1v) is 12.0. The van der Waals surface area contributed by atoms with Crippen molar-refractivity contribution in [3.05, 3.63) is 35.6 Å². The van der Waals surface area contributed by atoms with Gasteiger partial charge in [0.15, 0.2) is 0 Å². The van der Waals surface area contributed by atoms with E-state index in [1.807, 2.05) is 19.1 Å². The third-order valence-corrected chi connectivity index (χ3v) is 8.04. The molecule has 4 fully saturated rings. The average molecular weight is 439 g/mol. The molecule has 3 saturated heterocycles. The Kier molecular flexibility index (Phi) is 5.66. The largest absolute Gasteiger partial charge is 0.330 e. The summed E-state index contributed by atoms with van der Waals surface area (Å²) in [7, 11) is 0. The first-order valence-electron chi connectivity index (χ1n) is 12.0. The molecule has 4 aliphatic rings. The van der Waals surface area contributed by atoms with Crippen LogP contribution in [0.1, 0.15) is 57.1 Å². The van der Waals surface area contributed by atoms with Crippen LogP contribution in [0.4, 0.5) is 4.39 Å². The molecule has 5 rings (SSSR count). The van der Waals surface area contributed by atoms with E-state index < -0.39 is 0 Å². The number of hydrogen-bond donors (Lipinski definition) is 0. The first kappa shape index (κ1) is 21.4. The van der Waals surface area contributed by atoms with Crippen molar-refractivity contribution < 1.29 is 14.0 Å². The fraction of sp³-hybridized carbons (Fsp3) is 0.640. The first-order chi connectivity index (χ1) is 15.5. The van der Waals surface area contributed by atoms with Crippen molar-refractivity contribution in [1.82, 2.24) is 14.7 Å². The Labute approximate surface area is 189 Å². The maximum absolute atomic E-state index is 13.5. The van der Waals surface area contributed by atoms with E-state index in [1.165, 1.54) is 18.6 Å². The minimum atomic E-state index is -0.309. The maximum atomic E-state index is 13.5. The number of hydrogen-bond acceptors (Lipinski definition) is 4. The van der Waals surface area contributed by atoms with Crippen molar-refractivity contribution in [1.29, 1.82) is 5.26 Å². The van der Waals surface area contributed by atoms with Gasteiger partial charge in [0.05, 0.1) is 18.2 Å². The summed E-state index contributed by atoms with van der Waals surface area (Å²) in [5.41, 5.74) is 1.03. The molecule has 1 aliphatic carbocycles. The van der Waals surface area contributed by atoms with Crippen LogP contribution in [0.15, 0.2) is 24.3 Å². The van der Waals surface area contributed by atoms with E-state index in [1.54, 1.807) is 4.90 Å². The number of carbonyl (C=O) groups excluding carboxylic acids is 2. The molecule has 1 saturated carbocycles. The monoisotopic (exact) mass is 438 g/mol. The number of amides is 2. The predicted octanol–water partition coefficient (Wildman–Crippen LogP) is 3.10. The zero-order valence-corrected chi connectivity index (χ0v) is 18.6. The second-order valence-corrected chi connectivity index (χ2v) is 10.0. The molecular formula is C25H31FN4O2. The Hall–Kier alpha value is -2.46. The lowest BCUT2D eigenvalue weighted by atomic mass is 9.76. The van der Waals surface area contributed by atoms with Crippen molar-refractivity contribution in [2.45, 2.75) is 69.6 Å². The molecule has 5 atom stereocenters. The summed E-state index contributed by atoms with van der Waals surface area (Å²) < 4.78 is 13.5. The highest BCUT2D eigenvalue weighted by molar-refractivity contribution is 5.86. The summed E-state index contributed by atoms with van der Waals surface area (Å²) in [5, 5.41) is 9.31. The number of nitriles is 1. The highest BCUT2D eigenvalue weighted by Crippen LogP contribution is 2.47. The van der Waals surface area contributed by atoms with Crippen LogP contribution < -0.4 is 0 Å². The van der Waals surface area contributed by atoms with Crippen LogP contribution in [0.3, 0.4) is 0 Å². The van der Waals surface area contributed by atoms with Gasteiger partial charge in [-0.1, -0.05) is 25.5 Å². The second-order valence-electron chi connectivity index (χ2n) is 10.0. The lowest BCUT2D eigenvalue weighted by Crippen LogP contribution is -2.54. The SMILES string of the molecule is C[C@@H](CN1C[C@@H]2C[C@H]1C(=O)N2[C@@H](c1ccc(F)cc1)C1CCC1)C(=O)N1CCC[C@H]1C#N. The average Bonchev–Trinajstić information content (AvgIpc) is 3.45. The molecule has 3 aliphatic heterocycles. The minimum Gasteiger partial charge on any atom is -0.330 e. The van der Waals surface area contributed by atoms with Crippen LogP contribution in [0.2, 0.25) is 0 Å². The highest BCUT2D eigenvalue weighted by atomic mass is 19.1. The number of benzene rings is 1. The summed E-state index contributed by atoms with van der Waals surface area (Å²) in [6.07, 6.45) is 5.83. The van der Waals surface area contributed by atoms with Crippen molar-refractivity contribution in [2.24, 2.45) is 11.8 Å². The van der Waals surface area contributed by atoms with Gasteiger partial charge in [-0.3, -0.25) is 14.5 Å². The van der Waals surface area contributed by atoms with Crippen LogP contribution in [0.25, 0.3) is 0 Å². The minimum absolute atomic E-state index is 0.0223. The molecule has 2 amide bonds. The van der Waals surface area contributed by atoms with Crippen LogP contribution >= 0.6 is 0 Å². The van der Waals surface area contributed by atoms with Crippen LogP contribution in [0, 0.1) is 29.0 Å². The highest BCUT2D eigenvalue weighted by Gasteiger charge is 2.53. The van der Waals surface area contributed by atoms with Crippen LogP contribution in [-0.2, 0) is 9.59 Å². The molecule has 0 aromatic heterocycles. The summed E-state index contributed by atoms with van der Waals surface area (Å²) in [4.78, 5) is 32.4. The second kappa shape index (κ2) is 8.47. The Morgan fingerprint density at radius 3 is 2.59 bits per heavy atom. The number of piperazine rings is 1. The number of carbonyl (C=O) groups is 2. The standard InChI is InChI=1S/C25H31FN4O2/c1-16(24(31)29-11-3-6-20(29)13-27)14-28-15-21-12-22(28)25(32)30(21)23(17-4-2-5-17)18-7-9-19(26)10-8-18/h7-10,16-17,20-23H,2-6,11-12,14-15H2,1H3/t16-,20-,21-,22-,23+/m0/s1. The quantitative estimate of drug-likeness (QED) is 0.685. The Balaban J connectivity index is 1.28. The van der Waals surface area contributed by atoms with Gasteiger partial charge in [0.2, 0.25) is 11.8 Å². The lowest BCUT2D eigenvalue weighted by molar-refractivity contribution is -0.144. The van der Waals surface area contributed by atoms with Gasteiger partial charge in [-0.2, -0.15) is 5.26 Å². The number of nitrogens with zero attached hydrogens (tertiary/aromatic N) is 4. The zero-order chi connectivity index (χ0) is 22.4. The molecule has 0 spiro atoms. The summed E-state index contributed by atoms with van der Waals surface area (Å²) in [5.74, 6) is 0.134. The van der Waals surface area contributed by atoms with Gasteiger partial charge in [-0.25, -0.2) is 4.39 Å². The van der Waals surface area contributed by atoms with E-state index in [2.05, 4.69) is 15.9 Å². The number of rotatable bonds is 6. The smallest absolute Gasteiger partial charge is 0.240 e. The van der Waals surface area contributed by atoms with E-state index in [0.717, 1.165) is 44.2 Å². The fourth-order valence-electron chi connectivity index (χ4n) is 6.21. The predicted molar refractivity (Wildman–Crippen MR) is 117 cm³/mol. The molecule has 170 valence electrons. The van der Waals surface area contributed by atoms with Crippen molar-refractivity contribution in [2.75, 3.05) is 19.6 Å². The van der Waals surface area contributed by atoms with Gasteiger partial charge in [0.1, 0.15) is 11.9 Å². The molecule has 6 nitrogen and oxygen atoms in total. The van der Waals surface area contributed by atoms with E-state index in [4.69, 9.17) is 0 Å². The van der Waals surface area contributed by atoms with Gasteiger partial charge in [-0.05, 0) is 55.7 Å². The van der Waals surface area contributed by atoms with Crippen LogP contribution in [-0.4, -0.2) is 64.3 Å². The normalized spacial score (nSPS) is 29.8. The topological polar surface area (TPSA) is 67.7 Å². The van der Waals surface area contributed by atoms with E-state index in [-0.39, 0.29) is 47.7 Å². The Bertz CT molecular complexity index is 925. The van der Waals surface area contributed by atoms with Gasteiger partial charge < -0.3 is 9.80 Å². The summed E-state index contributed by atoms with van der Waals surface area (Å²) in [6.45, 7) is 3.90. The zero-order valence-electron chi connectivity index (χ0n) is 18.6. The number of fused-ring (bicyclic) bond motifs is 2. The molecule has 1 aromatic rings. The van der Waals surface area contributed by atoms with Crippen molar-refractivity contribution in [3.8, 4) is 6.07 Å². The van der Waals surface area contributed by atoms with Gasteiger partial charge in [-0.15, -0.1) is 0 Å². The third-order valence-electron chi connectivity index (χ3n) is 8.04. The van der Waals surface area contributed by atoms with Crippen molar-refractivity contribution in [3.63, 3.8) is 0 Å². The number of likely N-dealkylation sites (tertiary alicyclic amines) is 3. The molecule has 32 heavy (non-hydrogen) atoms. The molecule has 7 heteroatoms. The third kappa shape index (κ3) is 3.59. The van der Waals surface area contributed by atoms with E-state index >= 15 is 0 Å². The summed E-state index contributed by atoms with van der Waals surface area (Å²) in [6, 6.07) is 8.57. The molecular weight excluding hydrogens is 407 g/mol. The van der Waals surface area contributed by atoms with Crippen molar-refractivity contribution >= 4 is 11.8 Å².